The van der Waals surface area contributed by atoms with Crippen molar-refractivity contribution in [3.63, 3.8) is 0 Å². The van der Waals surface area contributed by atoms with Crippen LogP contribution in [0.15, 0.2) is 36.4 Å². The van der Waals surface area contributed by atoms with Crippen molar-refractivity contribution in [1.82, 2.24) is 0 Å². The molecule has 0 amide bonds. The molecule has 0 aliphatic heterocycles. The molecular weight excluding hydrogens is 354 g/mol. The Kier molecular flexibility index (Phi) is 8.74. The minimum absolute atomic E-state index is 0.0268. The van der Waals surface area contributed by atoms with Crippen molar-refractivity contribution < 1.29 is 34.4 Å². The Bertz CT molecular complexity index is 804. The van der Waals surface area contributed by atoms with E-state index in [0.29, 0.717) is 6.42 Å². The smallest absolute Gasteiger partial charge is 0.320 e. The Morgan fingerprint density at radius 2 is 1.63 bits per heavy atom. The minimum atomic E-state index is -1.09. The summed E-state index contributed by atoms with van der Waals surface area (Å²) in [6.07, 6.45) is 0.549. The summed E-state index contributed by atoms with van der Waals surface area (Å²) < 4.78 is 5.12. The van der Waals surface area contributed by atoms with E-state index in [1.54, 1.807) is 7.11 Å². The molecule has 146 valence electrons. The molecule has 0 aliphatic rings. The van der Waals surface area contributed by atoms with Crippen LogP contribution in [0.25, 0.3) is 10.8 Å². The first-order valence-electron chi connectivity index (χ1n) is 8.21. The lowest BCUT2D eigenvalue weighted by Gasteiger charge is -2.04. The SMILES string of the molecule is COc1ccc2cc(CC(=O)O)ccc2c1.NC(CCCC(=O)O)C(=O)O. The van der Waals surface area contributed by atoms with Crippen molar-refractivity contribution in [1.29, 1.82) is 0 Å². The van der Waals surface area contributed by atoms with Gasteiger partial charge in [0.2, 0.25) is 0 Å². The van der Waals surface area contributed by atoms with Gasteiger partial charge in [0, 0.05) is 6.42 Å². The number of methoxy groups -OCH3 is 1. The highest BCUT2D eigenvalue weighted by molar-refractivity contribution is 5.85. The Morgan fingerprint density at radius 1 is 1.00 bits per heavy atom. The quantitative estimate of drug-likeness (QED) is 0.547. The lowest BCUT2D eigenvalue weighted by Crippen LogP contribution is -2.29. The molecule has 0 bridgehead atoms. The normalized spacial score (nSPS) is 11.2. The van der Waals surface area contributed by atoms with Gasteiger partial charge < -0.3 is 25.8 Å². The fourth-order valence-corrected chi connectivity index (χ4v) is 2.28. The summed E-state index contributed by atoms with van der Waals surface area (Å²) in [6, 6.07) is 10.4. The van der Waals surface area contributed by atoms with E-state index in [4.69, 9.17) is 25.8 Å². The molecule has 0 fully saturated rings. The second-order valence-electron chi connectivity index (χ2n) is 5.85. The van der Waals surface area contributed by atoms with Crippen LogP contribution < -0.4 is 10.5 Å². The number of aliphatic carboxylic acids is 3. The third-order valence-electron chi connectivity index (χ3n) is 3.69. The molecule has 2 aromatic carbocycles. The highest BCUT2D eigenvalue weighted by atomic mass is 16.5. The van der Waals surface area contributed by atoms with Crippen LogP contribution in [0.4, 0.5) is 0 Å². The third-order valence-corrected chi connectivity index (χ3v) is 3.69. The fraction of sp³-hybridized carbons (Fsp3) is 0.316. The predicted molar refractivity (Wildman–Crippen MR) is 98.9 cm³/mol. The first-order valence-corrected chi connectivity index (χ1v) is 8.21. The van der Waals surface area contributed by atoms with Gasteiger partial charge in [-0.15, -0.1) is 0 Å². The van der Waals surface area contributed by atoms with E-state index in [-0.39, 0.29) is 19.3 Å². The Morgan fingerprint density at radius 3 is 2.19 bits per heavy atom. The first-order chi connectivity index (χ1) is 12.7. The molecule has 8 nitrogen and oxygen atoms in total. The van der Waals surface area contributed by atoms with Gasteiger partial charge in [0.15, 0.2) is 0 Å². The van der Waals surface area contributed by atoms with E-state index in [9.17, 15) is 14.4 Å². The second-order valence-corrected chi connectivity index (χ2v) is 5.85. The first kappa shape index (κ1) is 21.9. The zero-order chi connectivity index (χ0) is 20.4. The van der Waals surface area contributed by atoms with Crippen LogP contribution in [-0.4, -0.2) is 46.4 Å². The summed E-state index contributed by atoms with van der Waals surface area (Å²) in [4.78, 5) is 30.7. The highest BCUT2D eigenvalue weighted by Crippen LogP contribution is 2.21. The summed E-state index contributed by atoms with van der Waals surface area (Å²) in [5.74, 6) is -2.02. The largest absolute Gasteiger partial charge is 0.497 e. The molecule has 0 saturated carbocycles. The molecule has 1 atom stereocenters. The molecule has 1 unspecified atom stereocenters. The second kappa shape index (κ2) is 10.8. The third kappa shape index (κ3) is 8.19. The number of hydrogen-bond acceptors (Lipinski definition) is 5. The summed E-state index contributed by atoms with van der Waals surface area (Å²) in [6.45, 7) is 0. The zero-order valence-electron chi connectivity index (χ0n) is 14.9. The maximum atomic E-state index is 10.6. The molecule has 0 saturated heterocycles. The number of carboxylic acids is 3. The number of hydrogen-bond donors (Lipinski definition) is 4. The fourth-order valence-electron chi connectivity index (χ4n) is 2.28. The molecule has 0 aliphatic carbocycles. The van der Waals surface area contributed by atoms with Crippen molar-refractivity contribution in [2.24, 2.45) is 5.73 Å². The van der Waals surface area contributed by atoms with Crippen LogP contribution in [-0.2, 0) is 20.8 Å². The average molecular weight is 377 g/mol. The van der Waals surface area contributed by atoms with Crippen LogP contribution in [0, 0.1) is 0 Å². The molecule has 5 N–H and O–H groups in total. The monoisotopic (exact) mass is 377 g/mol. The predicted octanol–water partition coefficient (Wildman–Crippen LogP) is 2.13. The maximum Gasteiger partial charge on any atom is 0.320 e. The van der Waals surface area contributed by atoms with Crippen LogP contribution in [0.1, 0.15) is 24.8 Å². The van der Waals surface area contributed by atoms with Crippen molar-refractivity contribution in [2.75, 3.05) is 7.11 Å². The molecule has 0 radical (unpaired) electrons. The van der Waals surface area contributed by atoms with E-state index in [0.717, 1.165) is 22.1 Å². The maximum absolute atomic E-state index is 10.6. The number of fused-ring (bicyclic) bond motifs is 1. The van der Waals surface area contributed by atoms with Crippen LogP contribution in [0.5, 0.6) is 5.75 Å². The van der Waals surface area contributed by atoms with E-state index >= 15 is 0 Å². The van der Waals surface area contributed by atoms with Gasteiger partial charge in [-0.05, 0) is 41.3 Å². The average Bonchev–Trinajstić information content (AvgIpc) is 2.60. The Balaban J connectivity index is 0.000000293. The minimum Gasteiger partial charge on any atom is -0.497 e. The number of ether oxygens (including phenoxy) is 1. The lowest BCUT2D eigenvalue weighted by atomic mass is 10.0. The molecular formula is C19H23NO7. The van der Waals surface area contributed by atoms with Gasteiger partial charge in [0.05, 0.1) is 13.5 Å². The number of rotatable bonds is 8. The van der Waals surface area contributed by atoms with Gasteiger partial charge in [-0.1, -0.05) is 24.3 Å². The van der Waals surface area contributed by atoms with Crippen molar-refractivity contribution in [3.8, 4) is 5.75 Å². The zero-order valence-corrected chi connectivity index (χ0v) is 14.9. The van der Waals surface area contributed by atoms with Crippen molar-refractivity contribution in [2.45, 2.75) is 31.7 Å². The van der Waals surface area contributed by atoms with E-state index in [2.05, 4.69) is 0 Å². The summed E-state index contributed by atoms with van der Waals surface area (Å²) in [5.41, 5.74) is 5.92. The number of benzene rings is 2. The molecule has 0 aromatic heterocycles. The molecule has 8 heteroatoms. The molecule has 0 spiro atoms. The highest BCUT2D eigenvalue weighted by Gasteiger charge is 2.10. The molecule has 2 rings (SSSR count). The van der Waals surface area contributed by atoms with Gasteiger partial charge >= 0.3 is 17.9 Å². The van der Waals surface area contributed by atoms with Gasteiger partial charge in [-0.2, -0.15) is 0 Å². The van der Waals surface area contributed by atoms with Crippen molar-refractivity contribution in [3.05, 3.63) is 42.0 Å². The van der Waals surface area contributed by atoms with Crippen molar-refractivity contribution >= 4 is 28.7 Å². The van der Waals surface area contributed by atoms with Crippen LogP contribution >= 0.6 is 0 Å². The summed E-state index contributed by atoms with van der Waals surface area (Å²) in [7, 11) is 1.62. The summed E-state index contributed by atoms with van der Waals surface area (Å²) >= 11 is 0. The van der Waals surface area contributed by atoms with Crippen LogP contribution in [0.3, 0.4) is 0 Å². The lowest BCUT2D eigenvalue weighted by molar-refractivity contribution is -0.140. The Labute approximate surface area is 156 Å². The molecule has 2 aromatic rings. The van der Waals surface area contributed by atoms with Gasteiger partial charge in [-0.25, -0.2) is 0 Å². The number of carbonyl (C=O) groups is 3. The van der Waals surface area contributed by atoms with E-state index in [1.165, 1.54) is 0 Å². The van der Waals surface area contributed by atoms with Gasteiger partial charge in [-0.3, -0.25) is 14.4 Å². The Hall–Kier alpha value is -3.13. The van der Waals surface area contributed by atoms with Gasteiger partial charge in [0.1, 0.15) is 11.8 Å². The van der Waals surface area contributed by atoms with Crippen LogP contribution in [0.2, 0.25) is 0 Å². The topological polar surface area (TPSA) is 147 Å². The molecule has 0 heterocycles. The van der Waals surface area contributed by atoms with E-state index < -0.39 is 23.9 Å². The number of nitrogens with two attached hydrogens (primary N) is 1. The molecule has 27 heavy (non-hydrogen) atoms. The van der Waals surface area contributed by atoms with Gasteiger partial charge in [0.25, 0.3) is 0 Å². The standard InChI is InChI=1S/C13H12O3.C6H11NO4/c1-16-12-5-4-10-6-9(7-13(14)15)2-3-11(10)8-12;7-4(6(10)11)2-1-3-5(8)9/h2-6,8H,7H2,1H3,(H,14,15);4H,1-3,7H2,(H,8,9)(H,10,11). The van der Waals surface area contributed by atoms with E-state index in [1.807, 2.05) is 36.4 Å². The number of carboxylic acid groups (broad SMARTS) is 3. The summed E-state index contributed by atoms with van der Waals surface area (Å²) in [5, 5.41) is 27.2.